The molecule has 0 saturated heterocycles. The van der Waals surface area contributed by atoms with Crippen LogP contribution in [0.4, 0.5) is 4.79 Å². The minimum absolute atomic E-state index is 0.104. The molecule has 0 bridgehead atoms. The second-order valence-electron chi connectivity index (χ2n) is 5.59. The number of nitrogens with one attached hydrogen (secondary N) is 2. The summed E-state index contributed by atoms with van der Waals surface area (Å²) >= 11 is 0. The number of amides is 2. The second kappa shape index (κ2) is 7.76. The smallest absolute Gasteiger partial charge is 0.314 e. The quantitative estimate of drug-likeness (QED) is 0.846. The lowest BCUT2D eigenvalue weighted by Crippen LogP contribution is -2.37. The van der Waals surface area contributed by atoms with Crippen molar-refractivity contribution in [3.05, 3.63) is 23.8 Å². The normalized spacial score (nSPS) is 13.1. The van der Waals surface area contributed by atoms with Crippen LogP contribution in [0.25, 0.3) is 0 Å². The molecular formula is C16H24N2O3. The van der Waals surface area contributed by atoms with E-state index < -0.39 is 0 Å². The molecule has 0 atom stereocenters. The third-order valence-corrected chi connectivity index (χ3v) is 3.31. The Morgan fingerprint density at radius 2 is 1.86 bits per heavy atom. The number of rotatable bonds is 6. The molecule has 1 aliphatic rings. The Bertz CT molecular complexity index is 475. The van der Waals surface area contributed by atoms with Crippen molar-refractivity contribution in [2.75, 3.05) is 26.3 Å². The van der Waals surface area contributed by atoms with Gasteiger partial charge in [0.15, 0.2) is 11.5 Å². The molecule has 0 spiro atoms. The van der Waals surface area contributed by atoms with Crippen LogP contribution in [0.3, 0.4) is 0 Å². The van der Waals surface area contributed by atoms with E-state index in [0.717, 1.165) is 29.9 Å². The molecule has 1 heterocycles. The zero-order valence-corrected chi connectivity index (χ0v) is 12.8. The largest absolute Gasteiger partial charge is 0.486 e. The Hall–Kier alpha value is -1.91. The summed E-state index contributed by atoms with van der Waals surface area (Å²) in [5.41, 5.74) is 1.13. The molecule has 1 aliphatic heterocycles. The van der Waals surface area contributed by atoms with Gasteiger partial charge in [0.25, 0.3) is 0 Å². The standard InChI is InChI=1S/C16H24N2O3/c1-12(2)5-7-17-16(19)18-8-6-13-3-4-14-15(11-13)21-10-9-20-14/h3-4,11-12H,5-10H2,1-2H3,(H2,17,18,19). The fourth-order valence-electron chi connectivity index (χ4n) is 2.10. The van der Waals surface area contributed by atoms with Gasteiger partial charge >= 0.3 is 6.03 Å². The van der Waals surface area contributed by atoms with Crippen LogP contribution in [0.1, 0.15) is 25.8 Å². The maximum atomic E-state index is 11.6. The van der Waals surface area contributed by atoms with Crippen molar-refractivity contribution in [3.63, 3.8) is 0 Å². The van der Waals surface area contributed by atoms with Crippen LogP contribution in [-0.4, -0.2) is 32.3 Å². The highest BCUT2D eigenvalue weighted by atomic mass is 16.6. The monoisotopic (exact) mass is 292 g/mol. The number of carbonyl (C=O) groups excluding carboxylic acids is 1. The van der Waals surface area contributed by atoms with Gasteiger partial charge in [-0.3, -0.25) is 0 Å². The maximum absolute atomic E-state index is 11.6. The summed E-state index contributed by atoms with van der Waals surface area (Å²) in [4.78, 5) is 11.6. The average Bonchev–Trinajstić information content (AvgIpc) is 2.47. The van der Waals surface area contributed by atoms with Gasteiger partial charge in [-0.05, 0) is 36.5 Å². The number of fused-ring (bicyclic) bond motifs is 1. The fourth-order valence-corrected chi connectivity index (χ4v) is 2.10. The fraction of sp³-hybridized carbons (Fsp3) is 0.562. The predicted molar refractivity (Wildman–Crippen MR) is 82.0 cm³/mol. The highest BCUT2D eigenvalue weighted by molar-refractivity contribution is 5.73. The Morgan fingerprint density at radius 1 is 1.14 bits per heavy atom. The molecule has 5 heteroatoms. The molecule has 1 aromatic carbocycles. The Balaban J connectivity index is 1.70. The number of benzene rings is 1. The van der Waals surface area contributed by atoms with Crippen LogP contribution >= 0.6 is 0 Å². The van der Waals surface area contributed by atoms with Gasteiger partial charge in [0.1, 0.15) is 13.2 Å². The molecule has 1 aromatic rings. The third kappa shape index (κ3) is 5.17. The SMILES string of the molecule is CC(C)CCNC(=O)NCCc1ccc2c(c1)OCCO2. The van der Waals surface area contributed by atoms with Gasteiger partial charge in [-0.1, -0.05) is 19.9 Å². The number of hydrogen-bond donors (Lipinski definition) is 2. The van der Waals surface area contributed by atoms with E-state index >= 15 is 0 Å². The lowest BCUT2D eigenvalue weighted by Gasteiger charge is -2.18. The molecule has 5 nitrogen and oxygen atoms in total. The summed E-state index contributed by atoms with van der Waals surface area (Å²) in [6.45, 7) is 6.79. The van der Waals surface area contributed by atoms with Crippen molar-refractivity contribution in [1.82, 2.24) is 10.6 Å². The van der Waals surface area contributed by atoms with Gasteiger partial charge in [0.05, 0.1) is 0 Å². The van der Waals surface area contributed by atoms with Gasteiger partial charge in [-0.25, -0.2) is 4.79 Å². The summed E-state index contributed by atoms with van der Waals surface area (Å²) in [7, 11) is 0. The van der Waals surface area contributed by atoms with Gasteiger partial charge in [0.2, 0.25) is 0 Å². The predicted octanol–water partition coefficient (Wildman–Crippen LogP) is 2.35. The van der Waals surface area contributed by atoms with E-state index in [1.54, 1.807) is 0 Å². The van der Waals surface area contributed by atoms with E-state index in [1.807, 2.05) is 18.2 Å². The Kier molecular flexibility index (Phi) is 5.72. The molecule has 2 N–H and O–H groups in total. The van der Waals surface area contributed by atoms with E-state index in [0.29, 0.717) is 32.2 Å². The first-order valence-electron chi connectivity index (χ1n) is 7.55. The van der Waals surface area contributed by atoms with Crippen LogP contribution in [0.5, 0.6) is 11.5 Å². The molecule has 0 saturated carbocycles. The zero-order valence-electron chi connectivity index (χ0n) is 12.8. The summed E-state index contributed by atoms with van der Waals surface area (Å²) in [6.07, 6.45) is 1.77. The van der Waals surface area contributed by atoms with Gasteiger partial charge in [-0.2, -0.15) is 0 Å². The summed E-state index contributed by atoms with van der Waals surface area (Å²) < 4.78 is 11.0. The molecule has 21 heavy (non-hydrogen) atoms. The second-order valence-corrected chi connectivity index (χ2v) is 5.59. The molecule has 0 radical (unpaired) electrons. The lowest BCUT2D eigenvalue weighted by atomic mass is 10.1. The summed E-state index contributed by atoms with van der Waals surface area (Å²) in [6, 6.07) is 5.80. The van der Waals surface area contributed by atoms with Crippen LogP contribution in [0, 0.1) is 5.92 Å². The van der Waals surface area contributed by atoms with E-state index in [-0.39, 0.29) is 6.03 Å². The van der Waals surface area contributed by atoms with Crippen LogP contribution in [0.15, 0.2) is 18.2 Å². The number of urea groups is 1. The maximum Gasteiger partial charge on any atom is 0.314 e. The van der Waals surface area contributed by atoms with E-state index in [9.17, 15) is 4.79 Å². The van der Waals surface area contributed by atoms with Crippen LogP contribution < -0.4 is 20.1 Å². The average molecular weight is 292 g/mol. The molecule has 116 valence electrons. The minimum atomic E-state index is -0.104. The highest BCUT2D eigenvalue weighted by Crippen LogP contribution is 2.30. The number of hydrogen-bond acceptors (Lipinski definition) is 3. The van der Waals surface area contributed by atoms with Gasteiger partial charge in [0, 0.05) is 13.1 Å². The topological polar surface area (TPSA) is 59.6 Å². The number of ether oxygens (including phenoxy) is 2. The van der Waals surface area contributed by atoms with Crippen molar-refractivity contribution < 1.29 is 14.3 Å². The molecule has 0 aromatic heterocycles. The van der Waals surface area contributed by atoms with Crippen molar-refractivity contribution in [2.24, 2.45) is 5.92 Å². The molecular weight excluding hydrogens is 268 g/mol. The third-order valence-electron chi connectivity index (χ3n) is 3.31. The first-order valence-corrected chi connectivity index (χ1v) is 7.55. The minimum Gasteiger partial charge on any atom is -0.486 e. The zero-order chi connectivity index (χ0) is 15.1. The first kappa shape index (κ1) is 15.5. The molecule has 2 amide bonds. The Morgan fingerprint density at radius 3 is 2.62 bits per heavy atom. The molecule has 0 fully saturated rings. The molecule has 0 unspecified atom stereocenters. The number of carbonyl (C=O) groups is 1. The van der Waals surface area contributed by atoms with Crippen LogP contribution in [-0.2, 0) is 6.42 Å². The van der Waals surface area contributed by atoms with Gasteiger partial charge in [-0.15, -0.1) is 0 Å². The Labute approximate surface area is 126 Å². The van der Waals surface area contributed by atoms with Crippen molar-refractivity contribution in [3.8, 4) is 11.5 Å². The highest BCUT2D eigenvalue weighted by Gasteiger charge is 2.11. The van der Waals surface area contributed by atoms with Crippen molar-refractivity contribution in [2.45, 2.75) is 26.7 Å². The first-order chi connectivity index (χ1) is 10.1. The van der Waals surface area contributed by atoms with Crippen LogP contribution in [0.2, 0.25) is 0 Å². The van der Waals surface area contributed by atoms with Crippen molar-refractivity contribution >= 4 is 6.03 Å². The lowest BCUT2D eigenvalue weighted by molar-refractivity contribution is 0.171. The molecule has 0 aliphatic carbocycles. The van der Waals surface area contributed by atoms with Crippen molar-refractivity contribution in [1.29, 1.82) is 0 Å². The summed E-state index contributed by atoms with van der Waals surface area (Å²) in [5, 5.41) is 5.72. The van der Waals surface area contributed by atoms with E-state index in [1.165, 1.54) is 0 Å². The summed E-state index contributed by atoms with van der Waals surface area (Å²) in [5.74, 6) is 2.19. The molecule has 2 rings (SSSR count). The van der Waals surface area contributed by atoms with E-state index in [4.69, 9.17) is 9.47 Å². The van der Waals surface area contributed by atoms with Gasteiger partial charge < -0.3 is 20.1 Å². The van der Waals surface area contributed by atoms with E-state index in [2.05, 4.69) is 24.5 Å².